The molecule has 0 bridgehead atoms. The lowest BCUT2D eigenvalue weighted by atomic mass is 10.4. The highest BCUT2D eigenvalue weighted by Gasteiger charge is 2.11. The molecule has 0 radical (unpaired) electrons. The number of carbonyl (C=O) groups is 1. The Hall–Kier alpha value is -1.10. The average molecular weight is 171 g/mol. The number of hydrogen-bond donors (Lipinski definition) is 3. The number of primary amides is 1. The summed E-state index contributed by atoms with van der Waals surface area (Å²) in [6.45, 7) is 0. The third-order valence-corrected chi connectivity index (χ3v) is 2.16. The van der Waals surface area contributed by atoms with Crippen LogP contribution in [0.25, 0.3) is 0 Å². The first-order chi connectivity index (χ1) is 5.16. The van der Waals surface area contributed by atoms with Crippen molar-refractivity contribution in [1.29, 1.82) is 0 Å². The molecule has 11 heavy (non-hydrogen) atoms. The molecule has 1 aromatic heterocycles. The Morgan fingerprint density at radius 1 is 1.73 bits per heavy atom. The van der Waals surface area contributed by atoms with Crippen LogP contribution in [0.3, 0.4) is 0 Å². The summed E-state index contributed by atoms with van der Waals surface area (Å²) < 4.78 is 0. The highest BCUT2D eigenvalue weighted by atomic mass is 32.2. The van der Waals surface area contributed by atoms with Gasteiger partial charge in [0.1, 0.15) is 5.69 Å². The SMILES string of the molecule is CSc1c(N)c[nH]c1C(N)=O. The molecule has 1 rings (SSSR count). The number of aromatic amines is 1. The number of hydrogen-bond acceptors (Lipinski definition) is 3. The van der Waals surface area contributed by atoms with Crippen molar-refractivity contribution in [3.8, 4) is 0 Å². The first kappa shape index (κ1) is 8.00. The van der Waals surface area contributed by atoms with Crippen LogP contribution in [0.15, 0.2) is 11.1 Å². The molecule has 0 aromatic carbocycles. The maximum atomic E-state index is 10.7. The second-order valence-electron chi connectivity index (χ2n) is 2.02. The van der Waals surface area contributed by atoms with Gasteiger partial charge in [-0.1, -0.05) is 0 Å². The van der Waals surface area contributed by atoms with Crippen LogP contribution in [0.5, 0.6) is 0 Å². The van der Waals surface area contributed by atoms with E-state index in [1.165, 1.54) is 11.8 Å². The number of carbonyl (C=O) groups excluding carboxylic acids is 1. The quantitative estimate of drug-likeness (QED) is 0.564. The number of rotatable bonds is 2. The van der Waals surface area contributed by atoms with Gasteiger partial charge in [0.05, 0.1) is 10.6 Å². The number of aromatic nitrogens is 1. The molecular formula is C6H9N3OS. The van der Waals surface area contributed by atoms with Gasteiger partial charge in [-0.15, -0.1) is 11.8 Å². The van der Waals surface area contributed by atoms with Crippen molar-refractivity contribution in [2.45, 2.75) is 4.90 Å². The van der Waals surface area contributed by atoms with Crippen LogP contribution < -0.4 is 11.5 Å². The molecule has 1 amide bonds. The topological polar surface area (TPSA) is 84.9 Å². The minimum absolute atomic E-state index is 0.384. The van der Waals surface area contributed by atoms with E-state index in [4.69, 9.17) is 11.5 Å². The van der Waals surface area contributed by atoms with Crippen LogP contribution in [0.4, 0.5) is 5.69 Å². The third kappa shape index (κ3) is 1.32. The largest absolute Gasteiger partial charge is 0.397 e. The second-order valence-corrected chi connectivity index (χ2v) is 2.83. The zero-order valence-electron chi connectivity index (χ0n) is 6.05. The first-order valence-electron chi connectivity index (χ1n) is 2.97. The van der Waals surface area contributed by atoms with Gasteiger partial charge in [0, 0.05) is 6.20 Å². The van der Waals surface area contributed by atoms with Crippen LogP contribution in [-0.4, -0.2) is 17.1 Å². The van der Waals surface area contributed by atoms with E-state index in [1.54, 1.807) is 6.20 Å². The molecule has 5 heteroatoms. The third-order valence-electron chi connectivity index (χ3n) is 1.31. The Balaban J connectivity index is 3.15. The lowest BCUT2D eigenvalue weighted by Gasteiger charge is -1.95. The van der Waals surface area contributed by atoms with E-state index in [2.05, 4.69) is 4.98 Å². The molecule has 60 valence electrons. The summed E-state index contributed by atoms with van der Waals surface area (Å²) in [6.07, 6.45) is 3.40. The number of thioether (sulfide) groups is 1. The molecule has 0 saturated heterocycles. The standard InChI is InChI=1S/C6H9N3OS/c1-11-5-3(7)2-9-4(5)6(8)10/h2,9H,7H2,1H3,(H2,8,10). The van der Waals surface area contributed by atoms with Crippen molar-refractivity contribution < 1.29 is 4.79 Å². The molecular weight excluding hydrogens is 162 g/mol. The number of nitrogen functional groups attached to an aromatic ring is 1. The summed E-state index contributed by atoms with van der Waals surface area (Å²) >= 11 is 1.40. The van der Waals surface area contributed by atoms with Crippen LogP contribution in [0.2, 0.25) is 0 Å². The van der Waals surface area contributed by atoms with Gasteiger partial charge in [0.15, 0.2) is 0 Å². The van der Waals surface area contributed by atoms with E-state index in [-0.39, 0.29) is 0 Å². The van der Waals surface area contributed by atoms with Gasteiger partial charge in [-0.05, 0) is 6.26 Å². The molecule has 0 aliphatic rings. The number of nitrogens with one attached hydrogen (secondary N) is 1. The van der Waals surface area contributed by atoms with Crippen LogP contribution in [0, 0.1) is 0 Å². The smallest absolute Gasteiger partial charge is 0.266 e. The highest BCUT2D eigenvalue weighted by molar-refractivity contribution is 7.98. The average Bonchev–Trinajstić information content (AvgIpc) is 2.30. The molecule has 5 N–H and O–H groups in total. The van der Waals surface area contributed by atoms with E-state index >= 15 is 0 Å². The molecule has 0 atom stereocenters. The Bertz CT molecular complexity index is 281. The summed E-state index contributed by atoms with van der Waals surface area (Å²) in [5.41, 5.74) is 11.5. The maximum absolute atomic E-state index is 10.7. The summed E-state index contributed by atoms with van der Waals surface area (Å²) in [5, 5.41) is 0. The molecule has 0 spiro atoms. The van der Waals surface area contributed by atoms with E-state index in [0.29, 0.717) is 11.4 Å². The van der Waals surface area contributed by atoms with Gasteiger partial charge in [-0.3, -0.25) is 4.79 Å². The number of nitrogens with two attached hydrogens (primary N) is 2. The highest BCUT2D eigenvalue weighted by Crippen LogP contribution is 2.25. The van der Waals surface area contributed by atoms with Crippen LogP contribution in [0.1, 0.15) is 10.5 Å². The number of H-pyrrole nitrogens is 1. The zero-order chi connectivity index (χ0) is 8.43. The summed E-state index contributed by atoms with van der Waals surface area (Å²) in [4.78, 5) is 14.1. The van der Waals surface area contributed by atoms with Gasteiger partial charge < -0.3 is 16.5 Å². The van der Waals surface area contributed by atoms with Gasteiger partial charge in [-0.2, -0.15) is 0 Å². The van der Waals surface area contributed by atoms with Gasteiger partial charge in [0.25, 0.3) is 5.91 Å². The Kier molecular flexibility index (Phi) is 2.09. The van der Waals surface area contributed by atoms with E-state index < -0.39 is 5.91 Å². The fraction of sp³-hybridized carbons (Fsp3) is 0.167. The fourth-order valence-corrected chi connectivity index (χ4v) is 1.49. The first-order valence-corrected chi connectivity index (χ1v) is 4.20. The molecule has 1 heterocycles. The van der Waals surface area contributed by atoms with Crippen molar-refractivity contribution >= 4 is 23.4 Å². The fourth-order valence-electron chi connectivity index (χ4n) is 0.828. The van der Waals surface area contributed by atoms with Gasteiger partial charge in [-0.25, -0.2) is 0 Å². The number of anilines is 1. The Labute approximate surface area is 68.3 Å². The molecule has 0 unspecified atom stereocenters. The molecule has 4 nitrogen and oxygen atoms in total. The van der Waals surface area contributed by atoms with Crippen molar-refractivity contribution in [2.24, 2.45) is 5.73 Å². The van der Waals surface area contributed by atoms with Crippen LogP contribution >= 0.6 is 11.8 Å². The molecule has 0 saturated carbocycles. The monoisotopic (exact) mass is 171 g/mol. The number of amides is 1. The van der Waals surface area contributed by atoms with Crippen molar-refractivity contribution in [3.63, 3.8) is 0 Å². The van der Waals surface area contributed by atoms with Crippen LogP contribution in [-0.2, 0) is 0 Å². The summed E-state index contributed by atoms with van der Waals surface area (Å²) in [6, 6.07) is 0. The molecule has 0 aliphatic carbocycles. The second kappa shape index (κ2) is 2.87. The molecule has 0 fully saturated rings. The Morgan fingerprint density at radius 2 is 2.36 bits per heavy atom. The zero-order valence-corrected chi connectivity index (χ0v) is 6.87. The van der Waals surface area contributed by atoms with Crippen molar-refractivity contribution in [1.82, 2.24) is 4.98 Å². The normalized spacial score (nSPS) is 9.91. The van der Waals surface area contributed by atoms with Gasteiger partial charge in [0.2, 0.25) is 0 Å². The molecule has 0 aliphatic heterocycles. The summed E-state index contributed by atoms with van der Waals surface area (Å²) in [5.74, 6) is -0.481. The predicted octanol–water partition coefficient (Wildman–Crippen LogP) is 0.418. The van der Waals surface area contributed by atoms with Crippen molar-refractivity contribution in [3.05, 3.63) is 11.9 Å². The van der Waals surface area contributed by atoms with Gasteiger partial charge >= 0.3 is 0 Å². The Morgan fingerprint density at radius 3 is 2.73 bits per heavy atom. The van der Waals surface area contributed by atoms with E-state index in [1.807, 2.05) is 6.26 Å². The summed E-state index contributed by atoms with van der Waals surface area (Å²) in [7, 11) is 0. The minimum Gasteiger partial charge on any atom is -0.397 e. The lowest BCUT2D eigenvalue weighted by Crippen LogP contribution is -2.12. The van der Waals surface area contributed by atoms with E-state index in [9.17, 15) is 4.79 Å². The maximum Gasteiger partial charge on any atom is 0.266 e. The van der Waals surface area contributed by atoms with Crippen molar-refractivity contribution in [2.75, 3.05) is 12.0 Å². The molecule has 1 aromatic rings. The minimum atomic E-state index is -0.481. The lowest BCUT2D eigenvalue weighted by molar-refractivity contribution is 0.0993. The predicted molar refractivity (Wildman–Crippen MR) is 45.5 cm³/mol. The van der Waals surface area contributed by atoms with E-state index in [0.717, 1.165) is 4.90 Å².